The first kappa shape index (κ1) is 26.4. The number of anilines is 1. The molecule has 0 aliphatic rings. The first-order chi connectivity index (χ1) is 18.4. The van der Waals surface area contributed by atoms with Crippen LogP contribution in [0.4, 0.5) is 18.9 Å². The van der Waals surface area contributed by atoms with E-state index in [4.69, 9.17) is 11.6 Å². The lowest BCUT2D eigenvalue weighted by Crippen LogP contribution is -2.21. The van der Waals surface area contributed by atoms with Gasteiger partial charge in [0, 0.05) is 28.7 Å². The molecule has 0 aliphatic heterocycles. The Kier molecular flexibility index (Phi) is 6.69. The van der Waals surface area contributed by atoms with E-state index in [9.17, 15) is 26.4 Å². The van der Waals surface area contributed by atoms with Crippen LogP contribution in [0, 0.1) is 0 Å². The van der Waals surface area contributed by atoms with E-state index < -0.39 is 27.6 Å². The summed E-state index contributed by atoms with van der Waals surface area (Å²) in [5.74, 6) is 0. The van der Waals surface area contributed by atoms with Crippen LogP contribution in [-0.4, -0.2) is 33.8 Å². The van der Waals surface area contributed by atoms with Gasteiger partial charge in [-0.15, -0.1) is 5.10 Å². The van der Waals surface area contributed by atoms with Crippen molar-refractivity contribution in [2.75, 3.05) is 11.0 Å². The molecule has 0 amide bonds. The number of fused-ring (bicyclic) bond motifs is 1. The van der Waals surface area contributed by atoms with Crippen LogP contribution < -0.4 is 10.4 Å². The zero-order valence-electron chi connectivity index (χ0n) is 20.1. The van der Waals surface area contributed by atoms with E-state index in [0.717, 1.165) is 34.3 Å². The Morgan fingerprint density at radius 1 is 0.949 bits per heavy atom. The van der Waals surface area contributed by atoms with Crippen molar-refractivity contribution < 1.29 is 21.6 Å². The molecule has 5 aromatic rings. The van der Waals surface area contributed by atoms with Gasteiger partial charge in [0.2, 0.25) is 10.0 Å². The predicted octanol–water partition coefficient (Wildman–Crippen LogP) is 5.32. The fraction of sp³-hybridized carbons (Fsp3) is 0.115. The molecule has 0 unspecified atom stereocenters. The van der Waals surface area contributed by atoms with Crippen molar-refractivity contribution >= 4 is 33.0 Å². The third-order valence-electron chi connectivity index (χ3n) is 5.83. The Balaban J connectivity index is 1.64. The van der Waals surface area contributed by atoms with Gasteiger partial charge in [0.05, 0.1) is 12.8 Å². The summed E-state index contributed by atoms with van der Waals surface area (Å²) in [5, 5.41) is 5.06. The summed E-state index contributed by atoms with van der Waals surface area (Å²) < 4.78 is 66.8. The summed E-state index contributed by atoms with van der Waals surface area (Å²) >= 11 is 6.07. The number of alkyl halides is 3. The first-order valence-corrected chi connectivity index (χ1v) is 13.6. The molecule has 3 aromatic heterocycles. The molecule has 8 nitrogen and oxygen atoms in total. The van der Waals surface area contributed by atoms with Gasteiger partial charge < -0.3 is 0 Å². The Labute approximate surface area is 225 Å². The molecule has 5 rings (SSSR count). The van der Waals surface area contributed by atoms with Gasteiger partial charge in [-0.3, -0.25) is 9.71 Å². The maximum absolute atomic E-state index is 13.2. The molecule has 0 fully saturated rings. The number of benzene rings is 2. The van der Waals surface area contributed by atoms with Gasteiger partial charge in [-0.05, 0) is 58.7 Å². The zero-order valence-corrected chi connectivity index (χ0v) is 21.7. The van der Waals surface area contributed by atoms with Crippen molar-refractivity contribution in [1.29, 1.82) is 0 Å². The van der Waals surface area contributed by atoms with Gasteiger partial charge in [0.25, 0.3) is 0 Å². The molecule has 39 heavy (non-hydrogen) atoms. The molecule has 0 spiro atoms. The highest BCUT2D eigenvalue weighted by Gasteiger charge is 2.32. The van der Waals surface area contributed by atoms with Crippen LogP contribution in [0.2, 0.25) is 5.02 Å². The Morgan fingerprint density at radius 2 is 1.62 bits per heavy atom. The molecular weight excluding hydrogens is 555 g/mol. The van der Waals surface area contributed by atoms with E-state index in [1.165, 1.54) is 10.5 Å². The van der Waals surface area contributed by atoms with Crippen LogP contribution in [-0.2, 0) is 22.7 Å². The number of aromatic nitrogens is 4. The van der Waals surface area contributed by atoms with Crippen LogP contribution in [0.25, 0.3) is 27.9 Å². The van der Waals surface area contributed by atoms with Gasteiger partial charge in [0.15, 0.2) is 5.65 Å². The molecule has 3 heterocycles. The number of pyridine rings is 2. The number of sulfonamides is 1. The third-order valence-corrected chi connectivity index (χ3v) is 6.69. The number of nitrogens with one attached hydrogen (secondary N) is 1. The van der Waals surface area contributed by atoms with Gasteiger partial charge in [-0.1, -0.05) is 41.9 Å². The van der Waals surface area contributed by atoms with E-state index >= 15 is 0 Å². The summed E-state index contributed by atoms with van der Waals surface area (Å²) in [7, 11) is -3.48. The summed E-state index contributed by atoms with van der Waals surface area (Å²) in [4.78, 5) is 16.7. The Morgan fingerprint density at radius 3 is 2.21 bits per heavy atom. The molecule has 0 aliphatic carbocycles. The second kappa shape index (κ2) is 9.86. The van der Waals surface area contributed by atoms with Gasteiger partial charge >= 0.3 is 11.9 Å². The predicted molar refractivity (Wildman–Crippen MR) is 142 cm³/mol. The minimum Gasteiger partial charge on any atom is -0.284 e. The minimum atomic E-state index is -4.57. The quantitative estimate of drug-likeness (QED) is 0.297. The summed E-state index contributed by atoms with van der Waals surface area (Å²) in [6.07, 6.45) is -0.893. The van der Waals surface area contributed by atoms with Gasteiger partial charge in [0.1, 0.15) is 5.69 Å². The number of halogens is 4. The van der Waals surface area contributed by atoms with Crippen molar-refractivity contribution in [3.63, 3.8) is 0 Å². The van der Waals surface area contributed by atoms with E-state index in [-0.39, 0.29) is 6.54 Å². The van der Waals surface area contributed by atoms with Crippen molar-refractivity contribution in [3.05, 3.63) is 106 Å². The summed E-state index contributed by atoms with van der Waals surface area (Å²) in [6.45, 7) is -0.0986. The topological polar surface area (TPSA) is 98.4 Å². The van der Waals surface area contributed by atoms with E-state index in [1.807, 2.05) is 12.1 Å². The van der Waals surface area contributed by atoms with Crippen LogP contribution >= 0.6 is 11.6 Å². The molecular formula is C26H19ClF3N5O3S. The second-order valence-corrected chi connectivity index (χ2v) is 10.9. The number of nitrogens with zero attached hydrogens (tertiary/aromatic N) is 4. The lowest BCUT2D eigenvalue weighted by molar-refractivity contribution is -0.141. The van der Waals surface area contributed by atoms with Crippen molar-refractivity contribution in [1.82, 2.24) is 19.2 Å². The third kappa shape index (κ3) is 5.66. The molecule has 0 saturated heterocycles. The average molecular weight is 574 g/mol. The molecule has 13 heteroatoms. The summed E-state index contributed by atoms with van der Waals surface area (Å²) in [6, 6.07) is 17.5. The highest BCUT2D eigenvalue weighted by Crippen LogP contribution is 2.36. The monoisotopic (exact) mass is 573 g/mol. The minimum absolute atomic E-state index is 0.0986. The largest absolute Gasteiger partial charge is 0.433 e. The molecule has 2 aromatic carbocycles. The van der Waals surface area contributed by atoms with Gasteiger partial charge in [-0.2, -0.15) is 13.2 Å². The molecule has 0 atom stereocenters. The fourth-order valence-electron chi connectivity index (χ4n) is 4.11. The number of hydrogen-bond donors (Lipinski definition) is 1. The highest BCUT2D eigenvalue weighted by atomic mass is 35.5. The van der Waals surface area contributed by atoms with E-state index in [2.05, 4.69) is 14.8 Å². The molecule has 0 saturated carbocycles. The van der Waals surface area contributed by atoms with Crippen LogP contribution in [0.15, 0.2) is 83.9 Å². The van der Waals surface area contributed by atoms with E-state index in [1.54, 1.807) is 48.7 Å². The van der Waals surface area contributed by atoms with Gasteiger partial charge in [-0.25, -0.2) is 22.3 Å². The molecule has 0 bridgehead atoms. The lowest BCUT2D eigenvalue weighted by Gasteiger charge is -2.12. The standard InChI is InChI=1S/C26H19ClF3N5O3S/c1-39(37,38)33-20-9-5-18(6-10-20)23-21(17-3-7-19(27)8-4-17)12-13-34-24(23)32-35(25(34)36)15-16-2-11-22(31-14-16)26(28,29)30/h2-14,33H,15H2,1H3. The fourth-order valence-corrected chi connectivity index (χ4v) is 4.80. The Bertz CT molecular complexity index is 1830. The maximum Gasteiger partial charge on any atom is 0.433 e. The van der Waals surface area contributed by atoms with E-state index in [0.29, 0.717) is 33.0 Å². The normalized spacial score (nSPS) is 12.1. The van der Waals surface area contributed by atoms with Crippen molar-refractivity contribution in [3.8, 4) is 22.3 Å². The van der Waals surface area contributed by atoms with Crippen molar-refractivity contribution in [2.24, 2.45) is 0 Å². The summed E-state index contributed by atoms with van der Waals surface area (Å²) in [5.41, 5.74) is 2.27. The molecule has 0 radical (unpaired) electrons. The first-order valence-electron chi connectivity index (χ1n) is 11.4. The Hall–Kier alpha value is -4.16. The SMILES string of the molecule is CS(=O)(=O)Nc1ccc(-c2c(-c3ccc(Cl)cc3)ccn3c(=O)n(Cc4ccc(C(F)(F)F)nc4)nc23)cc1. The van der Waals surface area contributed by atoms with Crippen LogP contribution in [0.1, 0.15) is 11.3 Å². The van der Waals surface area contributed by atoms with Crippen molar-refractivity contribution in [2.45, 2.75) is 12.7 Å². The number of hydrogen-bond acceptors (Lipinski definition) is 5. The molecule has 1 N–H and O–H groups in total. The highest BCUT2D eigenvalue weighted by molar-refractivity contribution is 7.92. The zero-order chi connectivity index (χ0) is 27.9. The second-order valence-electron chi connectivity index (χ2n) is 8.75. The average Bonchev–Trinajstić information content (AvgIpc) is 3.18. The lowest BCUT2D eigenvalue weighted by atomic mass is 9.96. The number of rotatable bonds is 6. The smallest absolute Gasteiger partial charge is 0.284 e. The van der Waals surface area contributed by atoms with Crippen LogP contribution in [0.3, 0.4) is 0 Å². The van der Waals surface area contributed by atoms with Crippen LogP contribution in [0.5, 0.6) is 0 Å². The molecule has 200 valence electrons. The maximum atomic E-state index is 13.2.